The molecule has 0 spiro atoms. The lowest BCUT2D eigenvalue weighted by molar-refractivity contribution is 0.0951. The molecule has 0 bridgehead atoms. The van der Waals surface area contributed by atoms with Crippen molar-refractivity contribution in [3.05, 3.63) is 88.4 Å². The number of amides is 3. The van der Waals surface area contributed by atoms with Gasteiger partial charge in [0, 0.05) is 35.9 Å². The summed E-state index contributed by atoms with van der Waals surface area (Å²) >= 11 is 6.03. The van der Waals surface area contributed by atoms with E-state index in [4.69, 9.17) is 11.6 Å². The Hall–Kier alpha value is -3.51. The fourth-order valence-electron chi connectivity index (χ4n) is 4.17. The molecular formula is C28H31ClN4O2. The van der Waals surface area contributed by atoms with Gasteiger partial charge in [-0.1, -0.05) is 55.8 Å². The smallest absolute Gasteiger partial charge is 0.323 e. The molecule has 1 aliphatic heterocycles. The molecule has 1 aliphatic rings. The van der Waals surface area contributed by atoms with Crippen LogP contribution in [0.3, 0.4) is 0 Å². The van der Waals surface area contributed by atoms with Gasteiger partial charge in [-0.2, -0.15) is 0 Å². The predicted octanol–water partition coefficient (Wildman–Crippen LogP) is 6.64. The summed E-state index contributed by atoms with van der Waals surface area (Å²) < 4.78 is 0. The van der Waals surface area contributed by atoms with E-state index < -0.39 is 6.03 Å². The van der Waals surface area contributed by atoms with Crippen LogP contribution in [0.5, 0.6) is 0 Å². The number of urea groups is 1. The van der Waals surface area contributed by atoms with E-state index in [2.05, 4.69) is 46.8 Å². The van der Waals surface area contributed by atoms with Gasteiger partial charge in [0.15, 0.2) is 0 Å². The Morgan fingerprint density at radius 3 is 2.37 bits per heavy atom. The lowest BCUT2D eigenvalue weighted by atomic mass is 10.0. The van der Waals surface area contributed by atoms with Crippen molar-refractivity contribution in [3.8, 4) is 0 Å². The molecule has 35 heavy (non-hydrogen) atoms. The topological polar surface area (TPSA) is 73.5 Å². The summed E-state index contributed by atoms with van der Waals surface area (Å²) in [6, 6.07) is 20.3. The Morgan fingerprint density at radius 2 is 1.69 bits per heavy atom. The van der Waals surface area contributed by atoms with Crippen LogP contribution in [-0.4, -0.2) is 25.0 Å². The van der Waals surface area contributed by atoms with Gasteiger partial charge in [-0.05, 0) is 66.3 Å². The Morgan fingerprint density at radius 1 is 0.943 bits per heavy atom. The van der Waals surface area contributed by atoms with E-state index in [9.17, 15) is 9.59 Å². The number of benzene rings is 3. The third-order valence-electron chi connectivity index (χ3n) is 6.14. The first kappa shape index (κ1) is 24.6. The van der Waals surface area contributed by atoms with Crippen LogP contribution in [0.1, 0.15) is 54.1 Å². The number of rotatable bonds is 7. The average Bonchev–Trinajstić information content (AvgIpc) is 3.37. The van der Waals surface area contributed by atoms with Crippen molar-refractivity contribution in [3.63, 3.8) is 0 Å². The molecule has 4 rings (SSSR count). The number of carbonyl (C=O) groups excluding carboxylic acids is 2. The number of halogens is 1. The van der Waals surface area contributed by atoms with Crippen molar-refractivity contribution < 1.29 is 9.59 Å². The molecule has 1 saturated heterocycles. The Kier molecular flexibility index (Phi) is 7.93. The maximum Gasteiger partial charge on any atom is 0.323 e. The van der Waals surface area contributed by atoms with Gasteiger partial charge in [0.2, 0.25) is 0 Å². The minimum atomic E-state index is -0.393. The van der Waals surface area contributed by atoms with E-state index in [1.54, 1.807) is 30.3 Å². The van der Waals surface area contributed by atoms with Crippen LogP contribution in [0, 0.1) is 0 Å². The highest BCUT2D eigenvalue weighted by Crippen LogP contribution is 2.30. The van der Waals surface area contributed by atoms with E-state index in [-0.39, 0.29) is 5.91 Å². The van der Waals surface area contributed by atoms with Crippen molar-refractivity contribution in [2.45, 2.75) is 39.2 Å². The largest absolute Gasteiger partial charge is 0.370 e. The molecule has 0 radical (unpaired) electrons. The molecular weight excluding hydrogens is 460 g/mol. The summed E-state index contributed by atoms with van der Waals surface area (Å²) in [4.78, 5) is 27.9. The van der Waals surface area contributed by atoms with Crippen molar-refractivity contribution in [1.29, 1.82) is 0 Å². The number of nitrogens with zero attached hydrogens (tertiary/aromatic N) is 1. The van der Waals surface area contributed by atoms with Crippen LogP contribution in [0.15, 0.2) is 66.7 Å². The van der Waals surface area contributed by atoms with Gasteiger partial charge in [-0.25, -0.2) is 4.79 Å². The monoisotopic (exact) mass is 490 g/mol. The molecule has 1 heterocycles. The maximum absolute atomic E-state index is 12.9. The van der Waals surface area contributed by atoms with Crippen LogP contribution in [0.25, 0.3) is 0 Å². The second kappa shape index (κ2) is 11.3. The summed E-state index contributed by atoms with van der Waals surface area (Å²) in [7, 11) is 0. The van der Waals surface area contributed by atoms with Crippen molar-refractivity contribution in [1.82, 2.24) is 5.32 Å². The van der Waals surface area contributed by atoms with Crippen LogP contribution < -0.4 is 20.9 Å². The summed E-state index contributed by atoms with van der Waals surface area (Å²) in [5.74, 6) is 0.277. The van der Waals surface area contributed by atoms with E-state index in [0.29, 0.717) is 34.4 Å². The molecule has 0 atom stereocenters. The summed E-state index contributed by atoms with van der Waals surface area (Å²) in [5.41, 5.74) is 4.89. The van der Waals surface area contributed by atoms with E-state index in [1.807, 2.05) is 24.3 Å². The normalized spacial score (nSPS) is 13.1. The van der Waals surface area contributed by atoms with Gasteiger partial charge in [0.25, 0.3) is 5.91 Å². The number of nitrogens with one attached hydrogen (secondary N) is 3. The van der Waals surface area contributed by atoms with Crippen LogP contribution in [0.4, 0.5) is 21.9 Å². The number of anilines is 3. The zero-order valence-corrected chi connectivity index (χ0v) is 20.9. The van der Waals surface area contributed by atoms with E-state index in [1.165, 1.54) is 5.56 Å². The maximum atomic E-state index is 12.9. The Balaban J connectivity index is 1.48. The van der Waals surface area contributed by atoms with Gasteiger partial charge in [-0.3, -0.25) is 4.79 Å². The number of hydrogen-bond acceptors (Lipinski definition) is 3. The Bertz CT molecular complexity index is 1190. The zero-order chi connectivity index (χ0) is 24.8. The molecule has 0 saturated carbocycles. The third kappa shape index (κ3) is 6.55. The van der Waals surface area contributed by atoms with Gasteiger partial charge in [-0.15, -0.1) is 0 Å². The number of hydrogen-bond donors (Lipinski definition) is 3. The first-order valence-electron chi connectivity index (χ1n) is 12.0. The lowest BCUT2D eigenvalue weighted by Gasteiger charge is -2.22. The quantitative estimate of drug-likeness (QED) is 0.347. The first-order chi connectivity index (χ1) is 16.9. The molecule has 3 aromatic carbocycles. The second-order valence-corrected chi connectivity index (χ2v) is 9.53. The summed E-state index contributed by atoms with van der Waals surface area (Å²) in [6.07, 6.45) is 2.21. The highest BCUT2D eigenvalue weighted by Gasteiger charge is 2.19. The predicted molar refractivity (Wildman–Crippen MR) is 144 cm³/mol. The summed E-state index contributed by atoms with van der Waals surface area (Å²) in [6.45, 7) is 6.58. The van der Waals surface area contributed by atoms with Gasteiger partial charge in [0.1, 0.15) is 0 Å². The minimum Gasteiger partial charge on any atom is -0.370 e. The van der Waals surface area contributed by atoms with Crippen LogP contribution >= 0.6 is 11.6 Å². The fraction of sp³-hybridized carbons (Fsp3) is 0.286. The summed E-state index contributed by atoms with van der Waals surface area (Å²) in [5, 5.41) is 9.25. The first-order valence-corrected chi connectivity index (χ1v) is 12.4. The van der Waals surface area contributed by atoms with Crippen molar-refractivity contribution in [2.24, 2.45) is 0 Å². The molecule has 1 fully saturated rings. The molecule has 0 unspecified atom stereocenters. The molecule has 0 aromatic heterocycles. The fourth-order valence-corrected chi connectivity index (χ4v) is 4.36. The van der Waals surface area contributed by atoms with E-state index >= 15 is 0 Å². The van der Waals surface area contributed by atoms with Crippen LogP contribution in [-0.2, 0) is 6.54 Å². The molecule has 3 aromatic rings. The SMILES string of the molecule is CC(C)c1ccc(CNC(=O)c2ccc(N3CCCC3)c(NC(=O)Nc3cccc(Cl)c3)c2)cc1. The van der Waals surface area contributed by atoms with Crippen LogP contribution in [0.2, 0.25) is 5.02 Å². The molecule has 6 nitrogen and oxygen atoms in total. The minimum absolute atomic E-state index is 0.191. The highest BCUT2D eigenvalue weighted by molar-refractivity contribution is 6.30. The van der Waals surface area contributed by atoms with Gasteiger partial charge < -0.3 is 20.9 Å². The highest BCUT2D eigenvalue weighted by atomic mass is 35.5. The zero-order valence-electron chi connectivity index (χ0n) is 20.1. The second-order valence-electron chi connectivity index (χ2n) is 9.09. The lowest BCUT2D eigenvalue weighted by Crippen LogP contribution is -2.26. The van der Waals surface area contributed by atoms with Crippen molar-refractivity contribution in [2.75, 3.05) is 28.6 Å². The molecule has 3 amide bonds. The van der Waals surface area contributed by atoms with Gasteiger partial charge in [0.05, 0.1) is 11.4 Å². The molecule has 7 heteroatoms. The third-order valence-corrected chi connectivity index (χ3v) is 6.37. The Labute approximate surface area is 211 Å². The molecule has 182 valence electrons. The van der Waals surface area contributed by atoms with Gasteiger partial charge >= 0.3 is 6.03 Å². The number of carbonyl (C=O) groups is 2. The van der Waals surface area contributed by atoms with E-state index in [0.717, 1.165) is 37.2 Å². The molecule has 0 aliphatic carbocycles. The van der Waals surface area contributed by atoms with Crippen molar-refractivity contribution >= 4 is 40.6 Å². The molecule has 3 N–H and O–H groups in total. The standard InChI is InChI=1S/C28H31ClN4O2/c1-19(2)21-10-8-20(9-11-21)18-30-27(34)22-12-13-26(33-14-3-4-15-33)25(16-22)32-28(35)31-24-7-5-6-23(29)17-24/h5-13,16-17,19H,3-4,14-15,18H2,1-2H3,(H,30,34)(H2,31,32,35). The average molecular weight is 491 g/mol.